The molecule has 0 fully saturated rings. The van der Waals surface area contributed by atoms with Crippen molar-refractivity contribution in [2.24, 2.45) is 5.73 Å². The average Bonchev–Trinajstić information content (AvgIpc) is 3.33. The van der Waals surface area contributed by atoms with E-state index in [9.17, 15) is 22.4 Å². The van der Waals surface area contributed by atoms with Gasteiger partial charge in [-0.15, -0.1) is 0 Å². The number of hydrogen-bond acceptors (Lipinski definition) is 6. The number of carbonyl (C=O) groups excluding carboxylic acids is 2. The van der Waals surface area contributed by atoms with Crippen molar-refractivity contribution in [1.29, 1.82) is 0 Å². The number of Topliss-reactive ketones (excluding diaryl/α,β-unsaturated/α-hetero) is 1. The Balaban J connectivity index is 1.72. The topological polar surface area (TPSA) is 121 Å². The summed E-state index contributed by atoms with van der Waals surface area (Å²) in [6, 6.07) is 20.2. The fraction of sp³-hybridized carbons (Fsp3) is 0.226. The Labute approximate surface area is 244 Å². The molecule has 0 radical (unpaired) electrons. The molecule has 0 bridgehead atoms. The summed E-state index contributed by atoms with van der Waals surface area (Å²) in [6.07, 6.45) is 0.434. The minimum Gasteiger partial charge on any atom is -0.497 e. The summed E-state index contributed by atoms with van der Waals surface area (Å²) in [6.45, 7) is 1.28. The van der Waals surface area contributed by atoms with Gasteiger partial charge in [0, 0.05) is 24.3 Å². The zero-order valence-electron chi connectivity index (χ0n) is 23.5. The van der Waals surface area contributed by atoms with Crippen LogP contribution in [0.3, 0.4) is 0 Å². The van der Waals surface area contributed by atoms with Crippen molar-refractivity contribution in [3.8, 4) is 11.5 Å². The number of sulfonamides is 1. The monoisotopic (exact) mass is 593 g/mol. The predicted octanol–water partition coefficient (Wildman–Crippen LogP) is 4.37. The van der Waals surface area contributed by atoms with E-state index in [4.69, 9.17) is 15.2 Å². The van der Waals surface area contributed by atoms with Crippen LogP contribution in [-0.2, 0) is 29.5 Å². The van der Waals surface area contributed by atoms with Gasteiger partial charge in [-0.3, -0.25) is 9.59 Å². The van der Waals surface area contributed by atoms with E-state index in [1.165, 1.54) is 56.7 Å². The standard InChI is InChI=1S/C31H32FN3O6S/c1-21-27(31(33)37)18-28(35(21)17-16-22-8-10-24(32)11-9-22)29(36)20-34(19-23-6-4-5-7-30(23)41-3)42(38,39)26-14-12-25(40-2)13-15-26/h4-15,18H,16-17,19-20H2,1-3H3,(H2,33,37). The highest BCUT2D eigenvalue weighted by Crippen LogP contribution is 2.26. The van der Waals surface area contributed by atoms with Gasteiger partial charge < -0.3 is 19.8 Å². The first-order chi connectivity index (χ1) is 20.0. The van der Waals surface area contributed by atoms with Crippen LogP contribution in [0, 0.1) is 12.7 Å². The normalized spacial score (nSPS) is 11.5. The third-order valence-electron chi connectivity index (χ3n) is 7.01. The molecular formula is C31H32FN3O6S. The maximum Gasteiger partial charge on any atom is 0.250 e. The number of nitrogens with zero attached hydrogens (tertiary/aromatic N) is 2. The molecule has 1 heterocycles. The second-order valence-corrected chi connectivity index (χ2v) is 11.5. The largest absolute Gasteiger partial charge is 0.497 e. The molecule has 4 rings (SSSR count). The molecule has 11 heteroatoms. The van der Waals surface area contributed by atoms with Gasteiger partial charge >= 0.3 is 0 Å². The molecule has 42 heavy (non-hydrogen) atoms. The molecule has 0 spiro atoms. The minimum absolute atomic E-state index is 0.0216. The number of ketones is 1. The van der Waals surface area contributed by atoms with Crippen LogP contribution in [0.2, 0.25) is 0 Å². The lowest BCUT2D eigenvalue weighted by molar-refractivity contribution is 0.0954. The number of aromatic nitrogens is 1. The van der Waals surface area contributed by atoms with Gasteiger partial charge in [0.1, 0.15) is 17.3 Å². The Morgan fingerprint density at radius 1 is 0.952 bits per heavy atom. The lowest BCUT2D eigenvalue weighted by Gasteiger charge is -2.23. The summed E-state index contributed by atoms with van der Waals surface area (Å²) >= 11 is 0. The Morgan fingerprint density at radius 3 is 2.24 bits per heavy atom. The lowest BCUT2D eigenvalue weighted by Crippen LogP contribution is -2.36. The highest BCUT2D eigenvalue weighted by atomic mass is 32.2. The van der Waals surface area contributed by atoms with Gasteiger partial charge in [0.15, 0.2) is 5.78 Å². The van der Waals surface area contributed by atoms with Gasteiger partial charge in [0.25, 0.3) is 5.91 Å². The highest BCUT2D eigenvalue weighted by Gasteiger charge is 2.30. The van der Waals surface area contributed by atoms with Crippen molar-refractivity contribution in [1.82, 2.24) is 8.87 Å². The van der Waals surface area contributed by atoms with E-state index >= 15 is 0 Å². The van der Waals surface area contributed by atoms with Crippen LogP contribution in [0.4, 0.5) is 4.39 Å². The molecule has 220 valence electrons. The quantitative estimate of drug-likeness (QED) is 0.230. The van der Waals surface area contributed by atoms with Crippen molar-refractivity contribution in [2.75, 3.05) is 20.8 Å². The van der Waals surface area contributed by atoms with E-state index in [2.05, 4.69) is 0 Å². The summed E-state index contributed by atoms with van der Waals surface area (Å²) in [4.78, 5) is 26.0. The number of aryl methyl sites for hydroxylation is 1. The first-order valence-electron chi connectivity index (χ1n) is 13.1. The number of halogens is 1. The molecule has 0 aliphatic rings. The molecule has 0 atom stereocenters. The van der Waals surface area contributed by atoms with E-state index in [0.29, 0.717) is 29.2 Å². The molecule has 1 aromatic heterocycles. The summed E-state index contributed by atoms with van der Waals surface area (Å²) in [5, 5.41) is 0. The third-order valence-corrected chi connectivity index (χ3v) is 8.82. The van der Waals surface area contributed by atoms with Gasteiger partial charge in [-0.05, 0) is 67.4 Å². The maximum absolute atomic E-state index is 13.9. The summed E-state index contributed by atoms with van der Waals surface area (Å²) in [5.74, 6) is -0.657. The molecule has 1 amide bonds. The molecule has 0 aliphatic carbocycles. The molecule has 3 aromatic carbocycles. The lowest BCUT2D eigenvalue weighted by atomic mass is 10.1. The zero-order chi connectivity index (χ0) is 30.4. The van der Waals surface area contributed by atoms with E-state index in [1.54, 1.807) is 47.9 Å². The molecular weight excluding hydrogens is 561 g/mol. The summed E-state index contributed by atoms with van der Waals surface area (Å²) < 4.78 is 54.5. The number of rotatable bonds is 13. The van der Waals surface area contributed by atoms with E-state index in [-0.39, 0.29) is 35.1 Å². The minimum atomic E-state index is -4.18. The predicted molar refractivity (Wildman–Crippen MR) is 156 cm³/mol. The maximum atomic E-state index is 13.9. The fourth-order valence-corrected chi connectivity index (χ4v) is 6.07. The number of hydrogen-bond donors (Lipinski definition) is 1. The molecule has 0 saturated heterocycles. The Hall–Kier alpha value is -4.48. The number of para-hydroxylation sites is 1. The molecule has 9 nitrogen and oxygen atoms in total. The van der Waals surface area contributed by atoms with Gasteiger partial charge in [-0.25, -0.2) is 12.8 Å². The van der Waals surface area contributed by atoms with Crippen molar-refractivity contribution < 1.29 is 31.9 Å². The first kappa shape index (κ1) is 30.5. The first-order valence-corrected chi connectivity index (χ1v) is 14.5. The molecule has 0 unspecified atom stereocenters. The number of methoxy groups -OCH3 is 2. The number of amides is 1. The van der Waals surface area contributed by atoms with Gasteiger partial charge in [-0.2, -0.15) is 4.31 Å². The van der Waals surface area contributed by atoms with Crippen molar-refractivity contribution >= 4 is 21.7 Å². The third kappa shape index (κ3) is 6.69. The molecule has 0 saturated carbocycles. The van der Waals surface area contributed by atoms with Gasteiger partial charge in [0.05, 0.1) is 36.9 Å². The number of carbonyl (C=O) groups is 2. The molecule has 0 aliphatic heterocycles. The number of benzene rings is 3. The van der Waals surface area contributed by atoms with Crippen molar-refractivity contribution in [2.45, 2.75) is 31.3 Å². The van der Waals surface area contributed by atoms with Gasteiger partial charge in [-0.1, -0.05) is 30.3 Å². The zero-order valence-corrected chi connectivity index (χ0v) is 24.4. The Bertz CT molecular complexity index is 1680. The highest BCUT2D eigenvalue weighted by molar-refractivity contribution is 7.89. The second kappa shape index (κ2) is 13.0. The van der Waals surface area contributed by atoms with Crippen LogP contribution >= 0.6 is 0 Å². The summed E-state index contributed by atoms with van der Waals surface area (Å²) in [5.41, 5.74) is 7.74. The average molecular weight is 594 g/mol. The SMILES string of the molecule is COc1ccc(S(=O)(=O)N(CC(=O)c2cc(C(N)=O)c(C)n2CCc2ccc(F)cc2)Cc2ccccc2OC)cc1. The van der Waals surface area contributed by atoms with Crippen LogP contribution in [0.5, 0.6) is 11.5 Å². The van der Waals surface area contributed by atoms with E-state index < -0.39 is 28.3 Å². The van der Waals surface area contributed by atoms with Crippen LogP contribution in [0.25, 0.3) is 0 Å². The van der Waals surface area contributed by atoms with Crippen LogP contribution in [-0.4, -0.2) is 49.7 Å². The molecule has 2 N–H and O–H groups in total. The van der Waals surface area contributed by atoms with Crippen LogP contribution < -0.4 is 15.2 Å². The Morgan fingerprint density at radius 2 is 1.62 bits per heavy atom. The van der Waals surface area contributed by atoms with Crippen molar-refractivity contribution in [3.63, 3.8) is 0 Å². The van der Waals surface area contributed by atoms with E-state index in [1.807, 2.05) is 0 Å². The summed E-state index contributed by atoms with van der Waals surface area (Å²) in [7, 11) is -1.22. The van der Waals surface area contributed by atoms with Crippen LogP contribution in [0.15, 0.2) is 83.8 Å². The number of ether oxygens (including phenoxy) is 2. The second-order valence-electron chi connectivity index (χ2n) is 9.60. The number of primary amides is 1. The smallest absolute Gasteiger partial charge is 0.250 e. The van der Waals surface area contributed by atoms with Gasteiger partial charge in [0.2, 0.25) is 10.0 Å². The van der Waals surface area contributed by atoms with Crippen molar-refractivity contribution in [3.05, 3.63) is 113 Å². The van der Waals surface area contributed by atoms with Crippen LogP contribution in [0.1, 0.15) is 37.7 Å². The Kier molecular flexibility index (Phi) is 9.44. The van der Waals surface area contributed by atoms with E-state index in [0.717, 1.165) is 9.87 Å². The fourth-order valence-electron chi connectivity index (χ4n) is 4.69. The molecule has 4 aromatic rings. The number of nitrogens with two attached hydrogens (primary N) is 1.